The van der Waals surface area contributed by atoms with Gasteiger partial charge in [0.15, 0.2) is 6.10 Å². The largest absolute Gasteiger partial charge is 0.449 e. The summed E-state index contributed by atoms with van der Waals surface area (Å²) >= 11 is 6.10. The Morgan fingerprint density at radius 1 is 0.800 bits per heavy atom. The van der Waals surface area contributed by atoms with E-state index in [0.29, 0.717) is 11.1 Å². The van der Waals surface area contributed by atoms with Gasteiger partial charge in [-0.3, -0.25) is 14.9 Å². The first kappa shape index (κ1) is 23.7. The summed E-state index contributed by atoms with van der Waals surface area (Å²) in [6, 6.07) is 27.3. The van der Waals surface area contributed by atoms with Crippen molar-refractivity contribution < 1.29 is 24.0 Å². The summed E-state index contributed by atoms with van der Waals surface area (Å²) < 4.78 is 11.3. The van der Waals surface area contributed by atoms with Gasteiger partial charge in [-0.1, -0.05) is 84.4 Å². The molecule has 0 amide bonds. The lowest BCUT2D eigenvalue weighted by molar-refractivity contribution is -0.385. The Balaban J connectivity index is 1.61. The number of para-hydroxylation sites is 1. The van der Waals surface area contributed by atoms with Crippen molar-refractivity contribution in [3.63, 3.8) is 0 Å². The topological polar surface area (TPSA) is 95.7 Å². The molecule has 1 unspecified atom stereocenters. The first-order chi connectivity index (χ1) is 16.9. The quantitative estimate of drug-likeness (QED) is 0.117. The van der Waals surface area contributed by atoms with E-state index >= 15 is 0 Å². The highest BCUT2D eigenvalue weighted by atomic mass is 35.5. The third kappa shape index (κ3) is 5.54. The Kier molecular flexibility index (Phi) is 7.18. The Bertz CT molecular complexity index is 1380. The van der Waals surface area contributed by atoms with Gasteiger partial charge >= 0.3 is 11.7 Å². The second-order valence-corrected chi connectivity index (χ2v) is 7.81. The first-order valence-corrected chi connectivity index (χ1v) is 10.9. The fraction of sp³-hybridized carbons (Fsp3) is 0.0370. The molecule has 0 aliphatic rings. The third-order valence-corrected chi connectivity index (χ3v) is 5.35. The molecule has 8 heteroatoms. The average molecular weight is 488 g/mol. The second-order valence-electron chi connectivity index (χ2n) is 7.40. The van der Waals surface area contributed by atoms with Crippen molar-refractivity contribution in [1.29, 1.82) is 0 Å². The number of benzene rings is 4. The molecule has 1 atom stereocenters. The van der Waals surface area contributed by atoms with Crippen molar-refractivity contribution in [3.8, 4) is 11.5 Å². The zero-order chi connectivity index (χ0) is 24.8. The number of ether oxygens (including phenoxy) is 2. The van der Waals surface area contributed by atoms with E-state index in [2.05, 4.69) is 0 Å². The van der Waals surface area contributed by atoms with Crippen molar-refractivity contribution in [1.82, 2.24) is 0 Å². The van der Waals surface area contributed by atoms with Crippen LogP contribution in [0.25, 0.3) is 0 Å². The number of nitro benzene ring substituents is 1. The van der Waals surface area contributed by atoms with Crippen LogP contribution < -0.4 is 4.74 Å². The van der Waals surface area contributed by atoms with Crippen LogP contribution in [-0.4, -0.2) is 16.7 Å². The summed E-state index contributed by atoms with van der Waals surface area (Å²) in [7, 11) is 0. The molecular weight excluding hydrogens is 470 g/mol. The Morgan fingerprint density at radius 2 is 1.43 bits per heavy atom. The Hall–Kier alpha value is -4.49. The maximum Gasteiger partial charge on any atom is 0.339 e. The molecule has 0 fully saturated rings. The third-order valence-electron chi connectivity index (χ3n) is 5.06. The maximum atomic E-state index is 13.2. The van der Waals surface area contributed by atoms with Gasteiger partial charge in [0.25, 0.3) is 0 Å². The van der Waals surface area contributed by atoms with E-state index < -0.39 is 17.0 Å². The Labute approximate surface area is 205 Å². The predicted octanol–water partition coefficient (Wildman–Crippen LogP) is 6.82. The molecule has 0 bridgehead atoms. The van der Waals surface area contributed by atoms with Gasteiger partial charge < -0.3 is 9.47 Å². The zero-order valence-electron chi connectivity index (χ0n) is 18.2. The van der Waals surface area contributed by atoms with E-state index in [1.807, 2.05) is 0 Å². The first-order valence-electron chi connectivity index (χ1n) is 10.5. The number of carbonyl (C=O) groups is 2. The van der Waals surface area contributed by atoms with Crippen molar-refractivity contribution in [2.24, 2.45) is 0 Å². The fourth-order valence-corrected chi connectivity index (χ4v) is 3.58. The van der Waals surface area contributed by atoms with Gasteiger partial charge in [-0.15, -0.1) is 0 Å². The van der Waals surface area contributed by atoms with E-state index in [1.54, 1.807) is 60.7 Å². The van der Waals surface area contributed by atoms with Crippen LogP contribution in [0.2, 0.25) is 5.02 Å². The molecule has 174 valence electrons. The lowest BCUT2D eigenvalue weighted by atomic mass is 10.00. The molecule has 4 aromatic carbocycles. The van der Waals surface area contributed by atoms with Crippen LogP contribution in [0, 0.1) is 10.1 Å². The number of halogens is 1. The molecule has 7 nitrogen and oxygen atoms in total. The van der Waals surface area contributed by atoms with E-state index in [0.717, 1.165) is 0 Å². The summed E-state index contributed by atoms with van der Waals surface area (Å²) in [5, 5.41) is 11.4. The number of nitro groups is 1. The Morgan fingerprint density at radius 3 is 2.11 bits per heavy atom. The minimum absolute atomic E-state index is 0.0461. The van der Waals surface area contributed by atoms with Crippen molar-refractivity contribution in [2.45, 2.75) is 6.10 Å². The number of rotatable bonds is 8. The van der Waals surface area contributed by atoms with Crippen LogP contribution >= 0.6 is 11.6 Å². The lowest BCUT2D eigenvalue weighted by Gasteiger charge is -2.18. The van der Waals surface area contributed by atoms with Crippen LogP contribution in [0.1, 0.15) is 32.4 Å². The number of hydrogen-bond donors (Lipinski definition) is 0. The van der Waals surface area contributed by atoms with Crippen LogP contribution in [0.3, 0.4) is 0 Å². The molecule has 35 heavy (non-hydrogen) atoms. The van der Waals surface area contributed by atoms with Crippen LogP contribution in [-0.2, 0) is 4.74 Å². The highest BCUT2D eigenvalue weighted by Crippen LogP contribution is 2.38. The highest BCUT2D eigenvalue weighted by molar-refractivity contribution is 6.32. The lowest BCUT2D eigenvalue weighted by Crippen LogP contribution is -2.20. The van der Waals surface area contributed by atoms with Gasteiger partial charge in [-0.05, 0) is 24.3 Å². The molecule has 0 radical (unpaired) electrons. The SMILES string of the molecule is O=C(OC(C(=O)c1ccccc1)c1ccccc1)c1cccc(Oc2c(Cl)cccc2[N+](=O)[O-])c1. The van der Waals surface area contributed by atoms with Gasteiger partial charge in [0.2, 0.25) is 11.5 Å². The maximum absolute atomic E-state index is 13.2. The molecule has 0 heterocycles. The predicted molar refractivity (Wildman–Crippen MR) is 130 cm³/mol. The average Bonchev–Trinajstić information content (AvgIpc) is 2.89. The number of ketones is 1. The van der Waals surface area contributed by atoms with Crippen LogP contribution in [0.5, 0.6) is 11.5 Å². The smallest absolute Gasteiger partial charge is 0.339 e. The van der Waals surface area contributed by atoms with Crippen molar-refractivity contribution >= 4 is 29.0 Å². The summed E-state index contributed by atoms with van der Waals surface area (Å²) in [5.74, 6) is -1.14. The number of hydrogen-bond acceptors (Lipinski definition) is 6. The van der Waals surface area contributed by atoms with Crippen LogP contribution in [0.4, 0.5) is 5.69 Å². The minimum Gasteiger partial charge on any atom is -0.449 e. The summed E-state index contributed by atoms with van der Waals surface area (Å²) in [6.45, 7) is 0. The van der Waals surface area contributed by atoms with Gasteiger partial charge in [-0.2, -0.15) is 0 Å². The van der Waals surface area contributed by atoms with E-state index in [4.69, 9.17) is 21.1 Å². The van der Waals surface area contributed by atoms with Gasteiger partial charge in [0.1, 0.15) is 5.75 Å². The highest BCUT2D eigenvalue weighted by Gasteiger charge is 2.27. The molecule has 0 saturated heterocycles. The molecule has 0 aromatic heterocycles. The molecule has 0 spiro atoms. The van der Waals surface area contributed by atoms with Crippen molar-refractivity contribution in [2.75, 3.05) is 0 Å². The monoisotopic (exact) mass is 487 g/mol. The van der Waals surface area contributed by atoms with Crippen molar-refractivity contribution in [3.05, 3.63) is 135 Å². The summed E-state index contributed by atoms with van der Waals surface area (Å²) in [5.41, 5.74) is 0.702. The van der Waals surface area contributed by atoms with E-state index in [9.17, 15) is 19.7 Å². The summed E-state index contributed by atoms with van der Waals surface area (Å²) in [6.07, 6.45) is -1.17. The van der Waals surface area contributed by atoms with E-state index in [1.165, 1.54) is 42.5 Å². The summed E-state index contributed by atoms with van der Waals surface area (Å²) in [4.78, 5) is 37.0. The number of carbonyl (C=O) groups excluding carboxylic acids is 2. The molecule has 4 aromatic rings. The molecule has 0 saturated carbocycles. The molecule has 0 aliphatic heterocycles. The number of esters is 1. The van der Waals surface area contributed by atoms with E-state index in [-0.39, 0.29) is 33.6 Å². The molecular formula is C27H18ClNO6. The number of Topliss-reactive ketones (excluding diaryl/α,β-unsaturated/α-hetero) is 1. The van der Waals surface area contributed by atoms with Gasteiger partial charge in [0.05, 0.1) is 15.5 Å². The van der Waals surface area contributed by atoms with Gasteiger partial charge in [0, 0.05) is 17.2 Å². The standard InChI is InChI=1S/C27H18ClNO6/c28-22-15-8-16-23(29(32)33)26(22)34-21-14-7-13-20(17-21)27(31)35-25(19-11-5-2-6-12-19)24(30)18-9-3-1-4-10-18/h1-17,25H. The molecule has 0 N–H and O–H groups in total. The number of nitrogens with zero attached hydrogens (tertiary/aromatic N) is 1. The fourth-order valence-electron chi connectivity index (χ4n) is 3.38. The second kappa shape index (κ2) is 10.6. The van der Waals surface area contributed by atoms with Gasteiger partial charge in [-0.25, -0.2) is 4.79 Å². The zero-order valence-corrected chi connectivity index (χ0v) is 18.9. The molecule has 4 rings (SSSR count). The normalized spacial score (nSPS) is 11.3. The molecule has 0 aliphatic carbocycles. The minimum atomic E-state index is -1.17. The van der Waals surface area contributed by atoms with Crippen LogP contribution in [0.15, 0.2) is 103 Å².